The van der Waals surface area contributed by atoms with Gasteiger partial charge in [-0.1, -0.05) is 0 Å². The van der Waals surface area contributed by atoms with Gasteiger partial charge in [0, 0.05) is 34.1 Å². The molecule has 0 saturated carbocycles. The molecule has 3 nitrogen and oxygen atoms in total. The number of nitrogens with zero attached hydrogens (tertiary/aromatic N) is 3. The van der Waals surface area contributed by atoms with Gasteiger partial charge in [-0.05, 0) is 23.6 Å². The number of rotatable bonds is 0. The van der Waals surface area contributed by atoms with E-state index in [0.717, 1.165) is 15.6 Å². The first kappa shape index (κ1) is 9.01. The Labute approximate surface area is 101 Å². The molecular weight excluding hydrogens is 230 g/mol. The maximum Gasteiger partial charge on any atom is 0.116 e. The van der Waals surface area contributed by atoms with Crippen molar-refractivity contribution < 1.29 is 0 Å². The molecule has 0 radical (unpaired) electrons. The third kappa shape index (κ3) is 1.24. The second-order valence-electron chi connectivity index (χ2n) is 3.91. The topological polar surface area (TPSA) is 38.7 Å². The number of thiophene rings is 1. The molecule has 4 rings (SSSR count). The van der Waals surface area contributed by atoms with Crippen LogP contribution in [0.25, 0.3) is 31.1 Å². The minimum Gasteiger partial charge on any atom is -0.264 e. The van der Waals surface area contributed by atoms with Gasteiger partial charge in [-0.15, -0.1) is 11.3 Å². The summed E-state index contributed by atoms with van der Waals surface area (Å²) in [4.78, 5) is 12.6. The van der Waals surface area contributed by atoms with Crippen LogP contribution >= 0.6 is 11.3 Å². The van der Waals surface area contributed by atoms with Crippen LogP contribution in [0.5, 0.6) is 0 Å². The van der Waals surface area contributed by atoms with Gasteiger partial charge < -0.3 is 0 Å². The Hall–Kier alpha value is -2.07. The first-order valence-electron chi connectivity index (χ1n) is 5.28. The zero-order valence-electron chi connectivity index (χ0n) is 8.79. The molecule has 0 N–H and O–H groups in total. The predicted octanol–water partition coefficient (Wildman–Crippen LogP) is 3.39. The zero-order chi connectivity index (χ0) is 11.2. The lowest BCUT2D eigenvalue weighted by Gasteiger charge is -1.96. The van der Waals surface area contributed by atoms with Crippen LogP contribution in [0.4, 0.5) is 0 Å². The first-order chi connectivity index (χ1) is 8.42. The number of fused-ring (bicyclic) bond motifs is 4. The van der Waals surface area contributed by atoms with Crippen molar-refractivity contribution in [2.75, 3.05) is 0 Å². The number of hydrogen-bond donors (Lipinski definition) is 0. The number of pyridine rings is 1. The van der Waals surface area contributed by atoms with E-state index >= 15 is 0 Å². The van der Waals surface area contributed by atoms with Crippen molar-refractivity contribution in [1.29, 1.82) is 0 Å². The smallest absolute Gasteiger partial charge is 0.116 e. The minimum absolute atomic E-state index is 1.03. The molecule has 1 aromatic carbocycles. The molecule has 0 atom stereocenters. The van der Waals surface area contributed by atoms with Crippen molar-refractivity contribution in [2.24, 2.45) is 0 Å². The van der Waals surface area contributed by atoms with E-state index in [9.17, 15) is 0 Å². The Morgan fingerprint density at radius 3 is 2.94 bits per heavy atom. The molecule has 3 heterocycles. The summed E-state index contributed by atoms with van der Waals surface area (Å²) in [5.74, 6) is 0. The van der Waals surface area contributed by atoms with Gasteiger partial charge in [0.05, 0.1) is 10.2 Å². The molecule has 0 unspecified atom stereocenters. The van der Waals surface area contributed by atoms with E-state index in [4.69, 9.17) is 0 Å². The van der Waals surface area contributed by atoms with Crippen molar-refractivity contribution in [3.05, 3.63) is 43.1 Å². The Morgan fingerprint density at radius 1 is 0.941 bits per heavy atom. The molecule has 0 fully saturated rings. The third-order valence-electron chi connectivity index (χ3n) is 2.89. The Bertz CT molecular complexity index is 845. The van der Waals surface area contributed by atoms with E-state index in [1.165, 1.54) is 15.5 Å². The fourth-order valence-electron chi connectivity index (χ4n) is 2.10. The Balaban J connectivity index is 2.28. The molecule has 0 amide bonds. The highest BCUT2D eigenvalue weighted by Gasteiger charge is 2.07. The average Bonchev–Trinajstić information content (AvgIpc) is 2.73. The van der Waals surface area contributed by atoms with Gasteiger partial charge in [0.1, 0.15) is 6.33 Å². The summed E-state index contributed by atoms with van der Waals surface area (Å²) < 4.78 is 2.38. The van der Waals surface area contributed by atoms with Crippen LogP contribution in [0, 0.1) is 0 Å². The SMILES string of the molecule is c1cc2cc3sc4cncnc4c3cc2cn1. The highest BCUT2D eigenvalue weighted by Crippen LogP contribution is 2.34. The van der Waals surface area contributed by atoms with Gasteiger partial charge in [-0.25, -0.2) is 9.97 Å². The van der Waals surface area contributed by atoms with Crippen LogP contribution in [0.1, 0.15) is 0 Å². The van der Waals surface area contributed by atoms with Crippen molar-refractivity contribution in [3.63, 3.8) is 0 Å². The van der Waals surface area contributed by atoms with Gasteiger partial charge in [0.15, 0.2) is 0 Å². The van der Waals surface area contributed by atoms with Gasteiger partial charge in [-0.2, -0.15) is 0 Å². The second-order valence-corrected chi connectivity index (χ2v) is 4.99. The van der Waals surface area contributed by atoms with Crippen molar-refractivity contribution in [3.8, 4) is 0 Å². The summed E-state index contributed by atoms with van der Waals surface area (Å²) in [5, 5.41) is 3.55. The van der Waals surface area contributed by atoms with E-state index in [-0.39, 0.29) is 0 Å². The third-order valence-corrected chi connectivity index (χ3v) is 3.97. The molecule has 17 heavy (non-hydrogen) atoms. The fraction of sp³-hybridized carbons (Fsp3) is 0. The summed E-state index contributed by atoms with van der Waals surface area (Å²) in [6, 6.07) is 6.38. The quantitative estimate of drug-likeness (QED) is 0.470. The maximum atomic E-state index is 4.36. The molecule has 0 bridgehead atoms. The van der Waals surface area contributed by atoms with Gasteiger partial charge in [-0.3, -0.25) is 4.98 Å². The van der Waals surface area contributed by atoms with Crippen LogP contribution in [-0.4, -0.2) is 15.0 Å². The van der Waals surface area contributed by atoms with Crippen LogP contribution in [0.3, 0.4) is 0 Å². The largest absolute Gasteiger partial charge is 0.264 e. The van der Waals surface area contributed by atoms with Crippen molar-refractivity contribution in [2.45, 2.75) is 0 Å². The zero-order valence-corrected chi connectivity index (χ0v) is 9.61. The van der Waals surface area contributed by atoms with Crippen molar-refractivity contribution in [1.82, 2.24) is 15.0 Å². The molecule has 0 aliphatic carbocycles. The monoisotopic (exact) mass is 237 g/mol. The number of aromatic nitrogens is 3. The average molecular weight is 237 g/mol. The predicted molar refractivity (Wildman–Crippen MR) is 70.2 cm³/mol. The first-order valence-corrected chi connectivity index (χ1v) is 6.09. The summed E-state index contributed by atoms with van der Waals surface area (Å²) in [5.41, 5.74) is 1.03. The lowest BCUT2D eigenvalue weighted by atomic mass is 10.1. The van der Waals surface area contributed by atoms with Crippen LogP contribution < -0.4 is 0 Å². The Kier molecular flexibility index (Phi) is 1.70. The molecule has 80 valence electrons. The highest BCUT2D eigenvalue weighted by atomic mass is 32.1. The normalized spacial score (nSPS) is 11.5. The van der Waals surface area contributed by atoms with E-state index in [1.54, 1.807) is 17.7 Å². The molecule has 0 saturated heterocycles. The molecule has 3 aromatic heterocycles. The number of benzene rings is 1. The van der Waals surface area contributed by atoms with Crippen LogP contribution in [0.15, 0.2) is 43.1 Å². The number of hydrogen-bond acceptors (Lipinski definition) is 4. The fourth-order valence-corrected chi connectivity index (χ4v) is 3.16. The molecule has 0 aliphatic rings. The summed E-state index contributed by atoms with van der Waals surface area (Å²) in [6.07, 6.45) is 7.18. The molecule has 4 heteroatoms. The Morgan fingerprint density at radius 2 is 1.94 bits per heavy atom. The summed E-state index contributed by atoms with van der Waals surface area (Å²) in [7, 11) is 0. The van der Waals surface area contributed by atoms with Gasteiger partial charge in [0.25, 0.3) is 0 Å². The van der Waals surface area contributed by atoms with Crippen molar-refractivity contribution >= 4 is 42.4 Å². The van der Waals surface area contributed by atoms with E-state index < -0.39 is 0 Å². The molecular formula is C13H7N3S. The van der Waals surface area contributed by atoms with Gasteiger partial charge in [0.2, 0.25) is 0 Å². The molecule has 0 spiro atoms. The lowest BCUT2D eigenvalue weighted by Crippen LogP contribution is -1.77. The summed E-state index contributed by atoms with van der Waals surface area (Å²) >= 11 is 1.73. The standard InChI is InChI=1S/C13H7N3S/c1-2-14-5-9-3-10-11(4-8(1)9)17-12-6-15-7-16-13(10)12/h1-7H. The highest BCUT2D eigenvalue weighted by molar-refractivity contribution is 7.25. The lowest BCUT2D eigenvalue weighted by molar-refractivity contribution is 1.23. The van der Waals surface area contributed by atoms with Crippen LogP contribution in [-0.2, 0) is 0 Å². The second kappa shape index (κ2) is 3.21. The van der Waals surface area contributed by atoms with Crippen LogP contribution in [0.2, 0.25) is 0 Å². The summed E-state index contributed by atoms with van der Waals surface area (Å²) in [6.45, 7) is 0. The molecule has 0 aliphatic heterocycles. The maximum absolute atomic E-state index is 4.36. The van der Waals surface area contributed by atoms with E-state index in [2.05, 4.69) is 27.1 Å². The van der Waals surface area contributed by atoms with Gasteiger partial charge >= 0.3 is 0 Å². The molecule has 4 aromatic rings. The van der Waals surface area contributed by atoms with E-state index in [1.807, 2.05) is 24.7 Å². The van der Waals surface area contributed by atoms with E-state index in [0.29, 0.717) is 0 Å². The minimum atomic E-state index is 1.03.